The fourth-order valence-corrected chi connectivity index (χ4v) is 0. The first-order valence-electron chi connectivity index (χ1n) is 2.76. The van der Waals surface area contributed by atoms with E-state index >= 15 is 0 Å². The van der Waals surface area contributed by atoms with Crippen molar-refractivity contribution >= 4 is 41.3 Å². The molecule has 0 aliphatic carbocycles. The van der Waals surface area contributed by atoms with Crippen LogP contribution in [0.25, 0.3) is 0 Å². The summed E-state index contributed by atoms with van der Waals surface area (Å²) in [7, 11) is -16.6. The van der Waals surface area contributed by atoms with Crippen LogP contribution in [0.5, 0.6) is 0 Å². The predicted octanol–water partition coefficient (Wildman–Crippen LogP) is -6.93. The first kappa shape index (κ1) is 37.4. The van der Waals surface area contributed by atoms with Gasteiger partial charge in [-0.1, -0.05) is 18.3 Å². The Morgan fingerprint density at radius 3 is 0.524 bits per heavy atom. The van der Waals surface area contributed by atoms with Gasteiger partial charge in [0.2, 0.25) is 0 Å². The summed E-state index contributed by atoms with van der Waals surface area (Å²) in [4.78, 5) is 83.5. The summed E-state index contributed by atoms with van der Waals surface area (Å²) in [5, 5.41) is 0. The molecule has 21 heteroatoms. The molecular formula is H8NO15P5. The molecule has 0 aromatic heterocycles. The lowest BCUT2D eigenvalue weighted by Gasteiger charge is -1.75. The molecule has 0 aromatic rings. The summed E-state index contributed by atoms with van der Waals surface area (Å²) in [5.41, 5.74) is 0. The summed E-state index contributed by atoms with van der Waals surface area (Å²) in [6.07, 6.45) is 0. The molecule has 0 heterocycles. The third kappa shape index (κ3) is 1820000. The van der Waals surface area contributed by atoms with Crippen molar-refractivity contribution in [3.63, 3.8) is 0 Å². The number of hydrogen-bond donors (Lipinski definition) is 2. The van der Waals surface area contributed by atoms with Gasteiger partial charge in [-0.05, 0) is 4.57 Å². The van der Waals surface area contributed by atoms with Gasteiger partial charge >= 0.3 is 14.0 Å². The zero-order valence-corrected chi connectivity index (χ0v) is 13.6. The van der Waals surface area contributed by atoms with E-state index in [1.54, 1.807) is 0 Å². The second-order valence-electron chi connectivity index (χ2n) is 1.13. The molecule has 0 spiro atoms. The van der Waals surface area contributed by atoms with Gasteiger partial charge in [0.1, 0.15) is 0 Å². The van der Waals surface area contributed by atoms with Gasteiger partial charge < -0.3 is 50.2 Å². The molecule has 21 heavy (non-hydrogen) atoms. The summed E-state index contributed by atoms with van der Waals surface area (Å²) in [6, 6.07) is 0. The van der Waals surface area contributed by atoms with Gasteiger partial charge in [-0.25, -0.2) is 0 Å². The predicted molar refractivity (Wildman–Crippen MR) is 49.7 cm³/mol. The Hall–Kier alpha value is 0.0600. The topological polar surface area (TPSA) is 348 Å². The Bertz CT molecular complexity index is 223. The minimum atomic E-state index is -3.37. The van der Waals surface area contributed by atoms with Gasteiger partial charge in [0.15, 0.2) is 0 Å². The molecular weight excluding hydrogens is 409 g/mol. The summed E-state index contributed by atoms with van der Waals surface area (Å²) in [6.45, 7) is 0. The minimum absolute atomic E-state index is 0. The van der Waals surface area contributed by atoms with Crippen LogP contribution in [-0.2, 0) is 22.8 Å². The van der Waals surface area contributed by atoms with E-state index in [4.69, 9.17) is 71.8 Å². The van der Waals surface area contributed by atoms with Crippen molar-refractivity contribution in [1.82, 2.24) is 6.15 Å². The fourth-order valence-electron chi connectivity index (χ4n) is 0. The molecule has 128 valence electrons. The van der Waals surface area contributed by atoms with Gasteiger partial charge in [-0.15, -0.1) is 0 Å². The highest BCUT2D eigenvalue weighted by atomic mass is 31.1. The maximum Gasteiger partial charge on any atom is 1.00 e. The molecule has 0 aliphatic rings. The fraction of sp³-hybridized carbons (Fsp3) is 0. The van der Waals surface area contributed by atoms with Crippen molar-refractivity contribution in [1.29, 1.82) is 0 Å². The molecule has 0 aliphatic heterocycles. The van der Waals surface area contributed by atoms with Crippen LogP contribution < -0.4 is 50.2 Å². The van der Waals surface area contributed by atoms with Gasteiger partial charge in [0.05, 0.1) is 0 Å². The molecule has 16 nitrogen and oxygen atoms in total. The zero-order valence-electron chi connectivity index (χ0n) is 13.1. The zero-order chi connectivity index (χ0) is 17.9. The first-order valence-corrected chi connectivity index (χ1v) is 8.27. The van der Waals surface area contributed by atoms with Gasteiger partial charge in [0.25, 0.3) is 33.0 Å². The minimum Gasteiger partial charge on any atom is -0.598 e. The van der Waals surface area contributed by atoms with Gasteiger partial charge in [0, 0.05) is 0 Å². The third-order valence-corrected chi connectivity index (χ3v) is 0. The van der Waals surface area contributed by atoms with E-state index in [2.05, 4.69) is 0 Å². The van der Waals surface area contributed by atoms with E-state index in [-0.39, 0.29) is 11.9 Å². The van der Waals surface area contributed by atoms with Crippen molar-refractivity contribution in [2.45, 2.75) is 0 Å². The normalized spacial score (nSPS) is 7.05. The lowest BCUT2D eigenvalue weighted by molar-refractivity contribution is -0.298. The summed E-state index contributed by atoms with van der Waals surface area (Å²) < 4.78 is 42.5. The van der Waals surface area contributed by atoms with E-state index in [1.807, 2.05) is 0 Å². The van der Waals surface area contributed by atoms with Crippen LogP contribution in [0.3, 0.4) is 0 Å². The molecule has 0 rings (SSSR count). The molecule has 1 atom stereocenters. The quantitative estimate of drug-likeness (QED) is 0.345. The van der Waals surface area contributed by atoms with E-state index in [9.17, 15) is 0 Å². The standard InChI is InChI=1S/H3N.5HO3P/c;5*1-4(2)3/h1H3;5*(H,1,2,3). The maximum absolute atomic E-state index is 8.59. The van der Waals surface area contributed by atoms with Crippen LogP contribution in [-0.4, -0.2) is 4.89 Å². The van der Waals surface area contributed by atoms with E-state index in [0.717, 1.165) is 0 Å². The van der Waals surface area contributed by atoms with Crippen molar-refractivity contribution in [2.24, 2.45) is 0 Å². The molecule has 0 fully saturated rings. The van der Waals surface area contributed by atoms with Crippen LogP contribution in [0.15, 0.2) is 0 Å². The maximum atomic E-state index is 8.59. The molecule has 0 bridgehead atoms. The van der Waals surface area contributed by atoms with Crippen LogP contribution in [0.4, 0.5) is 0 Å². The molecule has 0 saturated heterocycles. The Balaban J connectivity index is -0.0000000134. The van der Waals surface area contributed by atoms with Crippen molar-refractivity contribution in [3.8, 4) is 0 Å². The largest absolute Gasteiger partial charge is 1.00 e. The monoisotopic (exact) mass is 417 g/mol. The Labute approximate surface area is 126 Å². The molecule has 1 unspecified atom stereocenters. The Morgan fingerprint density at radius 2 is 0.524 bits per heavy atom. The Kier molecular flexibility index (Phi) is 57.2. The van der Waals surface area contributed by atoms with Crippen molar-refractivity contribution < 1.29 is 77.5 Å². The van der Waals surface area contributed by atoms with Crippen LogP contribution in [0.1, 0.15) is 5.71 Å². The summed E-state index contributed by atoms with van der Waals surface area (Å²) >= 11 is 0. The average molecular weight is 417 g/mol. The first-order chi connectivity index (χ1) is 8.66. The number of hydrogen-bond acceptors (Lipinski definition) is 15. The highest BCUT2D eigenvalue weighted by Crippen LogP contribution is 1.89. The second kappa shape index (κ2) is 32.1. The van der Waals surface area contributed by atoms with Crippen LogP contribution in [0.2, 0.25) is 0 Å². The Morgan fingerprint density at radius 1 is 0.524 bits per heavy atom. The SMILES string of the molecule is N.O=[P+]([O-])O.O=[P+]([O-])[O-].O=[P+]([O-])[O-].O=[P+]([O-])[O-].O=[P+]([O-])[O-].[H+].[H+].[H+].[H+]. The lowest BCUT2D eigenvalue weighted by atomic mass is 14.0. The molecule has 0 amide bonds. The van der Waals surface area contributed by atoms with E-state index in [0.29, 0.717) is 0 Å². The van der Waals surface area contributed by atoms with Crippen LogP contribution >= 0.6 is 41.3 Å². The van der Waals surface area contributed by atoms with E-state index < -0.39 is 41.3 Å². The molecule has 0 radical (unpaired) electrons. The van der Waals surface area contributed by atoms with Gasteiger partial charge in [-0.2, -0.15) is 4.89 Å². The lowest BCUT2D eigenvalue weighted by Crippen LogP contribution is -1.97. The number of rotatable bonds is 0. The van der Waals surface area contributed by atoms with Crippen molar-refractivity contribution in [3.05, 3.63) is 0 Å². The molecule has 4 N–H and O–H groups in total. The van der Waals surface area contributed by atoms with Crippen molar-refractivity contribution in [2.75, 3.05) is 0 Å². The average Bonchev–Trinajstić information content (AvgIpc) is 1.94. The van der Waals surface area contributed by atoms with Gasteiger partial charge in [-0.3, -0.25) is 0 Å². The molecule has 0 aromatic carbocycles. The summed E-state index contributed by atoms with van der Waals surface area (Å²) in [5.74, 6) is 0. The highest BCUT2D eigenvalue weighted by Gasteiger charge is 1.73. The molecule has 0 saturated carbocycles. The van der Waals surface area contributed by atoms with Crippen LogP contribution in [0, 0.1) is 0 Å². The smallest absolute Gasteiger partial charge is 0.598 e. The second-order valence-corrected chi connectivity index (χ2v) is 3.40. The van der Waals surface area contributed by atoms with E-state index in [1.165, 1.54) is 0 Å². The highest BCUT2D eigenvalue weighted by molar-refractivity contribution is 7.29. The third-order valence-electron chi connectivity index (χ3n) is 0.